The molecule has 5 nitrogen and oxygen atoms in total. The van der Waals surface area contributed by atoms with E-state index in [1.165, 1.54) is 5.56 Å². The number of fused-ring (bicyclic) bond motifs is 1. The zero-order chi connectivity index (χ0) is 23.3. The van der Waals surface area contributed by atoms with Crippen LogP contribution in [0.1, 0.15) is 29.2 Å². The van der Waals surface area contributed by atoms with Crippen LogP contribution in [0.4, 0.5) is 5.69 Å². The normalized spacial score (nSPS) is 17.9. The first-order valence-electron chi connectivity index (χ1n) is 11.9. The fourth-order valence-corrected chi connectivity index (χ4v) is 5.08. The molecule has 0 aliphatic carbocycles. The molecule has 6 heteroatoms. The second kappa shape index (κ2) is 10.6. The smallest absolute Gasteiger partial charge is 0.225 e. The standard InChI is InChI=1S/C28H29BrN2O3/c29-23-6-11-26-22(18-23)12-17-33-27(26)19-28(32)31-15-13-30(14-16-31)24-7-9-25(10-8-24)34-20-21-4-2-1-3-5-21/h1-11,18,27H,12-17,19-20H2. The van der Waals surface area contributed by atoms with Gasteiger partial charge in [-0.15, -0.1) is 0 Å². The van der Waals surface area contributed by atoms with E-state index in [1.54, 1.807) is 0 Å². The highest BCUT2D eigenvalue weighted by Crippen LogP contribution is 2.32. The first-order chi connectivity index (χ1) is 16.7. The van der Waals surface area contributed by atoms with E-state index in [-0.39, 0.29) is 12.0 Å². The number of piperazine rings is 1. The van der Waals surface area contributed by atoms with Crippen LogP contribution in [0.5, 0.6) is 5.75 Å². The van der Waals surface area contributed by atoms with Crippen molar-refractivity contribution in [3.05, 3.63) is 94.0 Å². The summed E-state index contributed by atoms with van der Waals surface area (Å²) in [5, 5.41) is 0. The Hall–Kier alpha value is -2.83. The lowest BCUT2D eigenvalue weighted by molar-refractivity contribution is -0.135. The third kappa shape index (κ3) is 5.45. The van der Waals surface area contributed by atoms with Gasteiger partial charge in [0.2, 0.25) is 5.91 Å². The third-order valence-electron chi connectivity index (χ3n) is 6.58. The molecule has 34 heavy (non-hydrogen) atoms. The summed E-state index contributed by atoms with van der Waals surface area (Å²) in [6, 6.07) is 24.7. The van der Waals surface area contributed by atoms with Crippen molar-refractivity contribution in [1.29, 1.82) is 0 Å². The van der Waals surface area contributed by atoms with Crippen LogP contribution in [-0.4, -0.2) is 43.6 Å². The van der Waals surface area contributed by atoms with Gasteiger partial charge in [0.25, 0.3) is 0 Å². The first kappa shape index (κ1) is 22.9. The molecule has 0 aromatic heterocycles. The average Bonchev–Trinajstić information content (AvgIpc) is 2.88. The molecule has 1 unspecified atom stereocenters. The van der Waals surface area contributed by atoms with Gasteiger partial charge in [-0.1, -0.05) is 52.3 Å². The van der Waals surface area contributed by atoms with E-state index in [1.807, 2.05) is 41.3 Å². The topological polar surface area (TPSA) is 42.0 Å². The Kier molecular flexibility index (Phi) is 7.16. The summed E-state index contributed by atoms with van der Waals surface area (Å²) < 4.78 is 12.9. The minimum Gasteiger partial charge on any atom is -0.489 e. The monoisotopic (exact) mass is 520 g/mol. The Morgan fingerprint density at radius 3 is 2.50 bits per heavy atom. The average molecular weight is 521 g/mol. The van der Waals surface area contributed by atoms with E-state index in [2.05, 4.69) is 57.2 Å². The molecule has 0 radical (unpaired) electrons. The largest absolute Gasteiger partial charge is 0.489 e. The van der Waals surface area contributed by atoms with E-state index in [9.17, 15) is 4.79 Å². The van der Waals surface area contributed by atoms with Gasteiger partial charge >= 0.3 is 0 Å². The number of halogens is 1. The molecule has 2 heterocycles. The highest BCUT2D eigenvalue weighted by Gasteiger charge is 2.28. The van der Waals surface area contributed by atoms with Crippen molar-refractivity contribution in [2.24, 2.45) is 0 Å². The summed E-state index contributed by atoms with van der Waals surface area (Å²) in [7, 11) is 0. The molecular weight excluding hydrogens is 492 g/mol. The lowest BCUT2D eigenvalue weighted by atomic mass is 9.95. The van der Waals surface area contributed by atoms with Crippen molar-refractivity contribution in [3.8, 4) is 5.75 Å². The lowest BCUT2D eigenvalue weighted by Gasteiger charge is -2.37. The SMILES string of the molecule is O=C(CC1OCCc2cc(Br)ccc21)N1CCN(c2ccc(OCc3ccccc3)cc2)CC1. The van der Waals surface area contributed by atoms with Gasteiger partial charge in [0.1, 0.15) is 12.4 Å². The van der Waals surface area contributed by atoms with Gasteiger partial charge < -0.3 is 19.3 Å². The summed E-state index contributed by atoms with van der Waals surface area (Å²) in [6.07, 6.45) is 1.15. The second-order valence-corrected chi connectivity index (χ2v) is 9.71. The Balaban J connectivity index is 1.12. The van der Waals surface area contributed by atoms with E-state index in [0.717, 1.165) is 59.6 Å². The number of carbonyl (C=O) groups is 1. The summed E-state index contributed by atoms with van der Waals surface area (Å²) >= 11 is 3.54. The van der Waals surface area contributed by atoms with Gasteiger partial charge in [-0.3, -0.25) is 4.79 Å². The molecule has 1 fully saturated rings. The number of amides is 1. The minimum atomic E-state index is -0.147. The molecule has 1 atom stereocenters. The van der Waals surface area contributed by atoms with Crippen molar-refractivity contribution in [2.45, 2.75) is 25.6 Å². The summed E-state index contributed by atoms with van der Waals surface area (Å²) in [5.74, 6) is 1.03. The Bertz CT molecular complexity index is 1110. The molecule has 0 bridgehead atoms. The Labute approximate surface area is 209 Å². The predicted octanol–water partition coefficient (Wildman–Crippen LogP) is 5.38. The van der Waals surface area contributed by atoms with Crippen LogP contribution in [0.15, 0.2) is 77.3 Å². The maximum atomic E-state index is 13.0. The Morgan fingerprint density at radius 2 is 1.74 bits per heavy atom. The molecule has 176 valence electrons. The van der Waals surface area contributed by atoms with E-state index < -0.39 is 0 Å². The molecule has 3 aromatic carbocycles. The number of hydrogen-bond acceptors (Lipinski definition) is 4. The quantitative estimate of drug-likeness (QED) is 0.437. The van der Waals surface area contributed by atoms with Crippen molar-refractivity contribution < 1.29 is 14.3 Å². The first-order valence-corrected chi connectivity index (χ1v) is 12.6. The van der Waals surface area contributed by atoms with Gasteiger partial charge in [-0.25, -0.2) is 0 Å². The fourth-order valence-electron chi connectivity index (χ4n) is 4.67. The summed E-state index contributed by atoms with van der Waals surface area (Å²) in [6.45, 7) is 4.33. The van der Waals surface area contributed by atoms with Gasteiger partial charge in [0.15, 0.2) is 0 Å². The molecule has 0 N–H and O–H groups in total. The summed E-state index contributed by atoms with van der Waals surface area (Å²) in [5.41, 5.74) is 4.74. The molecule has 0 spiro atoms. The van der Waals surface area contributed by atoms with Gasteiger partial charge in [-0.05, 0) is 59.5 Å². The van der Waals surface area contributed by atoms with Crippen LogP contribution >= 0.6 is 15.9 Å². The number of carbonyl (C=O) groups excluding carboxylic acids is 1. The molecule has 2 aliphatic rings. The molecule has 1 amide bonds. The van der Waals surface area contributed by atoms with Crippen molar-refractivity contribution in [2.75, 3.05) is 37.7 Å². The molecule has 0 saturated carbocycles. The van der Waals surface area contributed by atoms with E-state index in [0.29, 0.717) is 19.6 Å². The maximum Gasteiger partial charge on any atom is 0.225 e. The number of ether oxygens (including phenoxy) is 2. The number of rotatable bonds is 6. The van der Waals surface area contributed by atoms with Crippen LogP contribution < -0.4 is 9.64 Å². The molecular formula is C28H29BrN2O3. The van der Waals surface area contributed by atoms with Crippen LogP contribution in [0.25, 0.3) is 0 Å². The molecule has 1 saturated heterocycles. The number of benzene rings is 3. The van der Waals surface area contributed by atoms with E-state index in [4.69, 9.17) is 9.47 Å². The lowest BCUT2D eigenvalue weighted by Crippen LogP contribution is -2.49. The van der Waals surface area contributed by atoms with Crippen LogP contribution in [-0.2, 0) is 22.6 Å². The van der Waals surface area contributed by atoms with Crippen LogP contribution in [0, 0.1) is 0 Å². The minimum absolute atomic E-state index is 0.147. The number of hydrogen-bond donors (Lipinski definition) is 0. The molecule has 5 rings (SSSR count). The van der Waals surface area contributed by atoms with Crippen molar-refractivity contribution in [1.82, 2.24) is 4.90 Å². The highest BCUT2D eigenvalue weighted by molar-refractivity contribution is 9.10. The molecule has 2 aliphatic heterocycles. The zero-order valence-corrected chi connectivity index (χ0v) is 20.7. The second-order valence-electron chi connectivity index (χ2n) is 8.79. The van der Waals surface area contributed by atoms with Gasteiger partial charge in [-0.2, -0.15) is 0 Å². The van der Waals surface area contributed by atoms with E-state index >= 15 is 0 Å². The fraction of sp³-hybridized carbons (Fsp3) is 0.321. The predicted molar refractivity (Wildman–Crippen MR) is 137 cm³/mol. The molecule has 3 aromatic rings. The summed E-state index contributed by atoms with van der Waals surface area (Å²) in [4.78, 5) is 17.3. The number of anilines is 1. The zero-order valence-electron chi connectivity index (χ0n) is 19.2. The highest BCUT2D eigenvalue weighted by atomic mass is 79.9. The van der Waals surface area contributed by atoms with Crippen LogP contribution in [0.3, 0.4) is 0 Å². The van der Waals surface area contributed by atoms with Gasteiger partial charge in [0, 0.05) is 36.3 Å². The van der Waals surface area contributed by atoms with Crippen molar-refractivity contribution >= 4 is 27.5 Å². The van der Waals surface area contributed by atoms with Crippen LogP contribution in [0.2, 0.25) is 0 Å². The number of nitrogens with zero attached hydrogens (tertiary/aromatic N) is 2. The Morgan fingerprint density at radius 1 is 0.971 bits per heavy atom. The third-order valence-corrected chi connectivity index (χ3v) is 7.08. The van der Waals surface area contributed by atoms with Gasteiger partial charge in [0.05, 0.1) is 19.1 Å². The van der Waals surface area contributed by atoms with Crippen molar-refractivity contribution in [3.63, 3.8) is 0 Å². The maximum absolute atomic E-state index is 13.0.